The van der Waals surface area contributed by atoms with Crippen molar-refractivity contribution >= 4 is 15.3 Å². The Morgan fingerprint density at radius 1 is 1.31 bits per heavy atom. The molecule has 6 heteroatoms. The van der Waals surface area contributed by atoms with Crippen LogP contribution in [0, 0.1) is 0 Å². The minimum absolute atomic E-state index is 0.197. The molecule has 0 bridgehead atoms. The molecule has 0 fully saturated rings. The molecule has 0 aliphatic heterocycles. The van der Waals surface area contributed by atoms with Crippen LogP contribution in [-0.2, 0) is 8.85 Å². The van der Waals surface area contributed by atoms with Crippen LogP contribution in [0.1, 0.15) is 13.8 Å². The second-order valence-electron chi connectivity index (χ2n) is 2.30. The number of rotatable bonds is 6. The fraction of sp³-hybridized carbons (Fsp3) is 0.857. The number of carbonyl (C=O) groups is 1. The molecule has 0 spiro atoms. The monoisotopic (exact) mass is 206 g/mol. The van der Waals surface area contributed by atoms with Gasteiger partial charge >= 0.3 is 15.3 Å². The van der Waals surface area contributed by atoms with Crippen LogP contribution in [0.15, 0.2) is 0 Å². The molecular formula is C7H18N2O3Si. The van der Waals surface area contributed by atoms with E-state index in [4.69, 9.17) is 8.85 Å². The summed E-state index contributed by atoms with van der Waals surface area (Å²) in [4.78, 5) is 10.8. The maximum absolute atomic E-state index is 10.8. The molecular weight excluding hydrogens is 188 g/mol. The SMILES string of the molecule is CCO[SiH](CNC(=O)NC)OCC. The summed E-state index contributed by atoms with van der Waals surface area (Å²) in [6.45, 7) is 5.09. The smallest absolute Gasteiger partial charge is 0.341 e. The van der Waals surface area contributed by atoms with Crippen molar-refractivity contribution in [2.45, 2.75) is 13.8 Å². The highest BCUT2D eigenvalue weighted by Crippen LogP contribution is 1.87. The minimum Gasteiger partial charge on any atom is -0.396 e. The molecule has 0 atom stereocenters. The van der Waals surface area contributed by atoms with Crippen molar-refractivity contribution in [2.75, 3.05) is 26.4 Å². The second-order valence-corrected chi connectivity index (χ2v) is 4.23. The van der Waals surface area contributed by atoms with E-state index in [-0.39, 0.29) is 6.03 Å². The number of hydrogen-bond acceptors (Lipinski definition) is 3. The molecule has 13 heavy (non-hydrogen) atoms. The van der Waals surface area contributed by atoms with Crippen LogP contribution in [0.5, 0.6) is 0 Å². The zero-order valence-electron chi connectivity index (χ0n) is 8.42. The Morgan fingerprint density at radius 3 is 2.23 bits per heavy atom. The Morgan fingerprint density at radius 2 is 1.85 bits per heavy atom. The van der Waals surface area contributed by atoms with Gasteiger partial charge in [-0.15, -0.1) is 0 Å². The van der Waals surface area contributed by atoms with Gasteiger partial charge in [0.05, 0.1) is 6.17 Å². The summed E-state index contributed by atoms with van der Waals surface area (Å²) < 4.78 is 10.7. The zero-order chi connectivity index (χ0) is 10.1. The maximum Gasteiger partial charge on any atom is 0.341 e. The molecule has 0 aromatic rings. The number of hydrogen-bond donors (Lipinski definition) is 2. The lowest BCUT2D eigenvalue weighted by Crippen LogP contribution is -2.42. The first-order chi connectivity index (χ1) is 6.24. The van der Waals surface area contributed by atoms with E-state index >= 15 is 0 Å². The van der Waals surface area contributed by atoms with Gasteiger partial charge in [-0.25, -0.2) is 4.79 Å². The fourth-order valence-corrected chi connectivity index (χ4v) is 2.23. The molecule has 0 heterocycles. The van der Waals surface area contributed by atoms with Gasteiger partial charge < -0.3 is 19.5 Å². The van der Waals surface area contributed by atoms with Crippen molar-refractivity contribution in [1.29, 1.82) is 0 Å². The Balaban J connectivity index is 3.61. The van der Waals surface area contributed by atoms with Crippen LogP contribution in [0.2, 0.25) is 0 Å². The highest BCUT2D eigenvalue weighted by atomic mass is 28.3. The van der Waals surface area contributed by atoms with Crippen LogP contribution < -0.4 is 10.6 Å². The summed E-state index contributed by atoms with van der Waals surface area (Å²) in [7, 11) is -0.0992. The van der Waals surface area contributed by atoms with Gasteiger partial charge in [0.2, 0.25) is 0 Å². The number of nitrogens with one attached hydrogen (secondary N) is 2. The van der Waals surface area contributed by atoms with Crippen molar-refractivity contribution in [2.24, 2.45) is 0 Å². The molecule has 0 unspecified atom stereocenters. The summed E-state index contributed by atoms with van der Waals surface area (Å²) >= 11 is 0. The van der Waals surface area contributed by atoms with Crippen LogP contribution in [0.4, 0.5) is 4.79 Å². The number of carbonyl (C=O) groups excluding carboxylic acids is 1. The van der Waals surface area contributed by atoms with Gasteiger partial charge in [-0.2, -0.15) is 0 Å². The average molecular weight is 206 g/mol. The van der Waals surface area contributed by atoms with Gasteiger partial charge in [-0.1, -0.05) is 0 Å². The minimum atomic E-state index is -1.68. The molecule has 0 saturated carbocycles. The normalized spacial score (nSPS) is 10.2. The highest BCUT2D eigenvalue weighted by Gasteiger charge is 2.12. The van der Waals surface area contributed by atoms with Crippen molar-refractivity contribution < 1.29 is 13.6 Å². The largest absolute Gasteiger partial charge is 0.396 e. The molecule has 0 aromatic carbocycles. The molecule has 0 aliphatic rings. The molecule has 5 nitrogen and oxygen atoms in total. The fourth-order valence-electron chi connectivity index (χ4n) is 0.802. The lowest BCUT2D eigenvalue weighted by molar-refractivity contribution is 0.209. The van der Waals surface area contributed by atoms with E-state index < -0.39 is 9.28 Å². The first-order valence-electron chi connectivity index (χ1n) is 4.43. The molecule has 2 amide bonds. The van der Waals surface area contributed by atoms with Crippen LogP contribution >= 0.6 is 0 Å². The Hall–Kier alpha value is -0.593. The predicted octanol–water partition coefficient (Wildman–Crippen LogP) is -0.252. The van der Waals surface area contributed by atoms with Crippen molar-refractivity contribution in [3.8, 4) is 0 Å². The van der Waals surface area contributed by atoms with E-state index in [1.807, 2.05) is 13.8 Å². The molecule has 0 rings (SSSR count). The lowest BCUT2D eigenvalue weighted by atomic mass is 10.9. The molecule has 0 aromatic heterocycles. The van der Waals surface area contributed by atoms with E-state index in [0.29, 0.717) is 19.4 Å². The lowest BCUT2D eigenvalue weighted by Gasteiger charge is -2.14. The first-order valence-corrected chi connectivity index (χ1v) is 6.19. The van der Waals surface area contributed by atoms with E-state index in [9.17, 15) is 4.79 Å². The first kappa shape index (κ1) is 12.4. The van der Waals surface area contributed by atoms with Gasteiger partial charge in [0.1, 0.15) is 0 Å². The van der Waals surface area contributed by atoms with E-state index in [2.05, 4.69) is 10.6 Å². The Labute approximate surface area is 80.6 Å². The van der Waals surface area contributed by atoms with Gasteiger partial charge in [0.15, 0.2) is 0 Å². The maximum atomic E-state index is 10.8. The average Bonchev–Trinajstić information content (AvgIpc) is 2.14. The van der Waals surface area contributed by atoms with Gasteiger partial charge in [-0.05, 0) is 13.8 Å². The standard InChI is InChI=1S/C7H18N2O3Si/c1-4-11-13(12-5-2)6-9-7(10)8-3/h13H,4-6H2,1-3H3,(H2,8,9,10). The van der Waals surface area contributed by atoms with E-state index in [1.165, 1.54) is 0 Å². The molecule has 2 N–H and O–H groups in total. The topological polar surface area (TPSA) is 59.6 Å². The summed E-state index contributed by atoms with van der Waals surface area (Å²) in [6.07, 6.45) is 0.501. The van der Waals surface area contributed by atoms with Crippen LogP contribution in [0.25, 0.3) is 0 Å². The number of urea groups is 1. The van der Waals surface area contributed by atoms with Gasteiger partial charge in [0, 0.05) is 20.3 Å². The third kappa shape index (κ3) is 6.56. The molecule has 0 aliphatic carbocycles. The summed E-state index contributed by atoms with van der Waals surface area (Å²) in [6, 6.07) is -0.197. The summed E-state index contributed by atoms with van der Waals surface area (Å²) in [5, 5.41) is 5.13. The summed E-state index contributed by atoms with van der Waals surface area (Å²) in [5.41, 5.74) is 0. The van der Waals surface area contributed by atoms with Crippen molar-refractivity contribution in [3.05, 3.63) is 0 Å². The van der Waals surface area contributed by atoms with Gasteiger partial charge in [0.25, 0.3) is 0 Å². The van der Waals surface area contributed by atoms with Crippen molar-refractivity contribution in [3.63, 3.8) is 0 Å². The molecule has 0 radical (unpaired) electrons. The molecule has 0 saturated heterocycles. The van der Waals surface area contributed by atoms with Crippen molar-refractivity contribution in [1.82, 2.24) is 10.6 Å². The quantitative estimate of drug-likeness (QED) is 0.589. The third-order valence-corrected chi connectivity index (χ3v) is 3.31. The Kier molecular flexibility index (Phi) is 7.66. The predicted molar refractivity (Wildman–Crippen MR) is 52.9 cm³/mol. The van der Waals surface area contributed by atoms with Crippen LogP contribution in [0.3, 0.4) is 0 Å². The van der Waals surface area contributed by atoms with Crippen LogP contribution in [-0.4, -0.2) is 41.7 Å². The summed E-state index contributed by atoms with van der Waals surface area (Å²) in [5.74, 6) is 0. The third-order valence-electron chi connectivity index (χ3n) is 1.36. The molecule has 78 valence electrons. The zero-order valence-corrected chi connectivity index (χ0v) is 9.58. The number of amides is 2. The Bertz CT molecular complexity index is 140. The van der Waals surface area contributed by atoms with Gasteiger partial charge in [-0.3, -0.25) is 0 Å². The van der Waals surface area contributed by atoms with E-state index in [1.54, 1.807) is 7.05 Å². The van der Waals surface area contributed by atoms with E-state index in [0.717, 1.165) is 0 Å². The second kappa shape index (κ2) is 8.03. The highest BCUT2D eigenvalue weighted by molar-refractivity contribution is 6.44.